The van der Waals surface area contributed by atoms with E-state index in [1.165, 1.54) is 11.1 Å². The molecule has 0 spiro atoms. The second-order valence-electron chi connectivity index (χ2n) is 3.71. The summed E-state index contributed by atoms with van der Waals surface area (Å²) in [5.74, 6) is 2.41. The summed E-state index contributed by atoms with van der Waals surface area (Å²) in [6.07, 6.45) is 0.991. The minimum absolute atomic E-state index is 0.301. The van der Waals surface area contributed by atoms with E-state index in [1.54, 1.807) is 7.11 Å². The normalized spacial score (nSPS) is 17.4. The zero-order valence-corrected chi connectivity index (χ0v) is 8.63. The fraction of sp³-hybridized carbons (Fsp3) is 0.455. The summed E-state index contributed by atoms with van der Waals surface area (Å²) in [4.78, 5) is 0. The molecule has 4 heteroatoms. The van der Waals surface area contributed by atoms with Gasteiger partial charge in [-0.1, -0.05) is 0 Å². The first-order valence-corrected chi connectivity index (χ1v) is 5.09. The Bertz CT molecular complexity index is 403. The van der Waals surface area contributed by atoms with Crippen LogP contribution in [0.15, 0.2) is 6.07 Å². The molecule has 0 saturated carbocycles. The Morgan fingerprint density at radius 2 is 2.20 bits per heavy atom. The number of benzene rings is 1. The third-order valence-corrected chi connectivity index (χ3v) is 2.89. The van der Waals surface area contributed by atoms with Crippen molar-refractivity contribution in [1.29, 1.82) is 0 Å². The van der Waals surface area contributed by atoms with Gasteiger partial charge in [0.2, 0.25) is 12.5 Å². The lowest BCUT2D eigenvalue weighted by Crippen LogP contribution is -2.23. The standard InChI is InChI=1S/C11H13NO3/c1-13-9-4-7-5-12-3-2-8(7)10-11(9)15-6-14-10/h4,12H,2-3,5-6H2,1H3. The van der Waals surface area contributed by atoms with E-state index in [0.717, 1.165) is 36.8 Å². The van der Waals surface area contributed by atoms with Gasteiger partial charge >= 0.3 is 0 Å². The Hall–Kier alpha value is -1.42. The molecule has 1 N–H and O–H groups in total. The third-order valence-electron chi connectivity index (χ3n) is 2.89. The predicted octanol–water partition coefficient (Wildman–Crippen LogP) is 1.07. The van der Waals surface area contributed by atoms with Crippen LogP contribution in [0.25, 0.3) is 0 Å². The van der Waals surface area contributed by atoms with Crippen LogP contribution in [0.5, 0.6) is 17.2 Å². The van der Waals surface area contributed by atoms with Gasteiger partial charge in [0.25, 0.3) is 0 Å². The van der Waals surface area contributed by atoms with Gasteiger partial charge in [-0.2, -0.15) is 0 Å². The number of ether oxygens (including phenoxy) is 3. The van der Waals surface area contributed by atoms with E-state index < -0.39 is 0 Å². The summed E-state index contributed by atoms with van der Waals surface area (Å²) >= 11 is 0. The van der Waals surface area contributed by atoms with Gasteiger partial charge in [0.1, 0.15) is 0 Å². The van der Waals surface area contributed by atoms with Gasteiger partial charge in [0.15, 0.2) is 11.5 Å². The minimum atomic E-state index is 0.301. The van der Waals surface area contributed by atoms with Crippen molar-refractivity contribution >= 4 is 0 Å². The second-order valence-corrected chi connectivity index (χ2v) is 3.71. The van der Waals surface area contributed by atoms with E-state index in [2.05, 4.69) is 5.32 Å². The van der Waals surface area contributed by atoms with Gasteiger partial charge in [0.05, 0.1) is 7.11 Å². The minimum Gasteiger partial charge on any atom is -0.493 e. The molecule has 1 aromatic carbocycles. The van der Waals surface area contributed by atoms with E-state index in [0.29, 0.717) is 6.79 Å². The highest BCUT2D eigenvalue weighted by atomic mass is 16.7. The van der Waals surface area contributed by atoms with Crippen molar-refractivity contribution in [3.63, 3.8) is 0 Å². The molecular weight excluding hydrogens is 194 g/mol. The first-order chi connectivity index (χ1) is 7.40. The van der Waals surface area contributed by atoms with Gasteiger partial charge in [-0.25, -0.2) is 0 Å². The Kier molecular flexibility index (Phi) is 1.95. The average molecular weight is 207 g/mol. The monoisotopic (exact) mass is 207 g/mol. The van der Waals surface area contributed by atoms with Crippen molar-refractivity contribution in [2.75, 3.05) is 20.4 Å². The molecule has 15 heavy (non-hydrogen) atoms. The summed E-state index contributed by atoms with van der Waals surface area (Å²) in [6.45, 7) is 2.17. The van der Waals surface area contributed by atoms with Gasteiger partial charge in [-0.05, 0) is 24.6 Å². The first kappa shape index (κ1) is 8.85. The fourth-order valence-electron chi connectivity index (χ4n) is 2.16. The van der Waals surface area contributed by atoms with Gasteiger partial charge < -0.3 is 19.5 Å². The van der Waals surface area contributed by atoms with E-state index in [4.69, 9.17) is 14.2 Å². The van der Waals surface area contributed by atoms with Crippen molar-refractivity contribution in [1.82, 2.24) is 5.32 Å². The highest BCUT2D eigenvalue weighted by Crippen LogP contribution is 2.45. The molecule has 3 rings (SSSR count). The van der Waals surface area contributed by atoms with Crippen molar-refractivity contribution < 1.29 is 14.2 Å². The molecule has 0 bridgehead atoms. The lowest BCUT2D eigenvalue weighted by molar-refractivity contribution is 0.170. The van der Waals surface area contributed by atoms with E-state index >= 15 is 0 Å². The summed E-state index contributed by atoms with van der Waals surface area (Å²) in [5.41, 5.74) is 2.52. The van der Waals surface area contributed by atoms with Crippen LogP contribution in [0.1, 0.15) is 11.1 Å². The quantitative estimate of drug-likeness (QED) is 0.747. The van der Waals surface area contributed by atoms with Crippen LogP contribution >= 0.6 is 0 Å². The molecule has 1 aromatic rings. The third kappa shape index (κ3) is 1.25. The van der Waals surface area contributed by atoms with Crippen molar-refractivity contribution in [3.05, 3.63) is 17.2 Å². The maximum atomic E-state index is 5.51. The van der Waals surface area contributed by atoms with Crippen molar-refractivity contribution in [3.8, 4) is 17.2 Å². The number of fused-ring (bicyclic) bond motifs is 3. The maximum absolute atomic E-state index is 5.51. The maximum Gasteiger partial charge on any atom is 0.231 e. The molecule has 0 fully saturated rings. The SMILES string of the molecule is COc1cc2c(c3c1OCO3)CCNC2. The summed E-state index contributed by atoms with van der Waals surface area (Å²) < 4.78 is 16.2. The Morgan fingerprint density at radius 1 is 1.33 bits per heavy atom. The zero-order chi connectivity index (χ0) is 10.3. The van der Waals surface area contributed by atoms with Crippen LogP contribution in [-0.4, -0.2) is 20.4 Å². The molecule has 0 unspecified atom stereocenters. The number of nitrogens with one attached hydrogen (secondary N) is 1. The molecule has 2 aliphatic rings. The molecule has 0 atom stereocenters. The van der Waals surface area contributed by atoms with Crippen LogP contribution in [0.2, 0.25) is 0 Å². The van der Waals surface area contributed by atoms with Crippen LogP contribution in [0.3, 0.4) is 0 Å². The Balaban J connectivity index is 2.19. The lowest BCUT2D eigenvalue weighted by atomic mass is 9.99. The molecule has 4 nitrogen and oxygen atoms in total. The van der Waals surface area contributed by atoms with Crippen molar-refractivity contribution in [2.24, 2.45) is 0 Å². The molecule has 80 valence electrons. The van der Waals surface area contributed by atoms with Gasteiger partial charge in [-0.15, -0.1) is 0 Å². The average Bonchev–Trinajstić information content (AvgIpc) is 2.77. The van der Waals surface area contributed by atoms with E-state index in [1.807, 2.05) is 6.07 Å². The van der Waals surface area contributed by atoms with Gasteiger partial charge in [-0.3, -0.25) is 0 Å². The van der Waals surface area contributed by atoms with E-state index in [9.17, 15) is 0 Å². The number of hydrogen-bond donors (Lipinski definition) is 1. The molecule has 2 heterocycles. The number of rotatable bonds is 1. The molecule has 2 aliphatic heterocycles. The van der Waals surface area contributed by atoms with Crippen LogP contribution < -0.4 is 19.5 Å². The highest BCUT2D eigenvalue weighted by Gasteiger charge is 2.26. The van der Waals surface area contributed by atoms with Crippen molar-refractivity contribution in [2.45, 2.75) is 13.0 Å². The largest absolute Gasteiger partial charge is 0.493 e. The predicted molar refractivity (Wildman–Crippen MR) is 54.5 cm³/mol. The highest BCUT2D eigenvalue weighted by molar-refractivity contribution is 5.60. The lowest BCUT2D eigenvalue weighted by Gasteiger charge is -2.19. The topological polar surface area (TPSA) is 39.7 Å². The van der Waals surface area contributed by atoms with Crippen LogP contribution in [-0.2, 0) is 13.0 Å². The second kappa shape index (κ2) is 3.31. The smallest absolute Gasteiger partial charge is 0.231 e. The summed E-state index contributed by atoms with van der Waals surface area (Å²) in [7, 11) is 1.65. The van der Waals surface area contributed by atoms with Crippen LogP contribution in [0, 0.1) is 0 Å². The van der Waals surface area contributed by atoms with Gasteiger partial charge in [0, 0.05) is 12.1 Å². The molecule has 0 aliphatic carbocycles. The molecule has 0 radical (unpaired) electrons. The Morgan fingerprint density at radius 3 is 3.07 bits per heavy atom. The van der Waals surface area contributed by atoms with E-state index in [-0.39, 0.29) is 0 Å². The number of hydrogen-bond acceptors (Lipinski definition) is 4. The Labute approximate surface area is 88.1 Å². The zero-order valence-electron chi connectivity index (χ0n) is 8.63. The molecule has 0 aromatic heterocycles. The summed E-state index contributed by atoms with van der Waals surface area (Å²) in [6, 6.07) is 2.04. The molecule has 0 saturated heterocycles. The summed E-state index contributed by atoms with van der Waals surface area (Å²) in [5, 5.41) is 3.33. The fourth-order valence-corrected chi connectivity index (χ4v) is 2.16. The van der Waals surface area contributed by atoms with Crippen LogP contribution in [0.4, 0.5) is 0 Å². The first-order valence-electron chi connectivity index (χ1n) is 5.09. The molecule has 0 amide bonds. The molecular formula is C11H13NO3. The number of methoxy groups -OCH3 is 1.